The number of phenols is 2. The lowest BCUT2D eigenvalue weighted by molar-refractivity contribution is 0.450. The summed E-state index contributed by atoms with van der Waals surface area (Å²) in [5.74, 6) is -0.0271. The second kappa shape index (κ2) is 3.79. The number of phenolic OH excluding ortho intramolecular Hbond substituents is 2. The maximum atomic E-state index is 9.43. The van der Waals surface area contributed by atoms with Crippen molar-refractivity contribution in [2.24, 2.45) is 5.10 Å². The van der Waals surface area contributed by atoms with Gasteiger partial charge in [0.15, 0.2) is 0 Å². The van der Waals surface area contributed by atoms with E-state index in [0.29, 0.717) is 5.56 Å². The Morgan fingerprint density at radius 1 is 1.20 bits per heavy atom. The van der Waals surface area contributed by atoms with Crippen LogP contribution in [0.1, 0.15) is 5.56 Å². The van der Waals surface area contributed by atoms with Gasteiger partial charge >= 0.3 is 0 Å². The molecule has 0 saturated heterocycles. The van der Waals surface area contributed by atoms with Gasteiger partial charge in [0.1, 0.15) is 24.2 Å². The molecule has 15 heavy (non-hydrogen) atoms. The fourth-order valence-electron chi connectivity index (χ4n) is 1.02. The second-order valence-electron chi connectivity index (χ2n) is 2.83. The lowest BCUT2D eigenvalue weighted by Gasteiger charge is -1.98. The van der Waals surface area contributed by atoms with Crippen LogP contribution in [0.5, 0.6) is 11.5 Å². The zero-order chi connectivity index (χ0) is 10.7. The van der Waals surface area contributed by atoms with E-state index in [-0.39, 0.29) is 11.5 Å². The number of nitrogens with zero attached hydrogens (tertiary/aromatic N) is 4. The fraction of sp³-hybridized carbons (Fsp3) is 0. The summed E-state index contributed by atoms with van der Waals surface area (Å²) in [6, 6.07) is 4.26. The van der Waals surface area contributed by atoms with Gasteiger partial charge in [-0.25, -0.2) is 4.68 Å². The quantitative estimate of drug-likeness (QED) is 0.700. The second-order valence-corrected chi connectivity index (χ2v) is 2.83. The summed E-state index contributed by atoms with van der Waals surface area (Å²) in [7, 11) is 0. The summed E-state index contributed by atoms with van der Waals surface area (Å²) >= 11 is 0. The summed E-state index contributed by atoms with van der Waals surface area (Å²) in [6.45, 7) is 0. The zero-order valence-electron chi connectivity index (χ0n) is 7.65. The minimum absolute atomic E-state index is 0.00828. The molecule has 1 aromatic heterocycles. The van der Waals surface area contributed by atoms with Crippen LogP contribution in [0, 0.1) is 0 Å². The third kappa shape index (κ3) is 2.11. The highest BCUT2D eigenvalue weighted by Gasteiger charge is 1.98. The van der Waals surface area contributed by atoms with Crippen molar-refractivity contribution in [3.8, 4) is 11.5 Å². The summed E-state index contributed by atoms with van der Waals surface area (Å²) in [5, 5.41) is 29.6. The van der Waals surface area contributed by atoms with Gasteiger partial charge in [-0.3, -0.25) is 0 Å². The summed E-state index contributed by atoms with van der Waals surface area (Å²) in [6.07, 6.45) is 4.29. The molecule has 2 rings (SSSR count). The van der Waals surface area contributed by atoms with E-state index in [1.54, 1.807) is 6.07 Å². The summed E-state index contributed by atoms with van der Waals surface area (Å²) in [5.41, 5.74) is 0.501. The van der Waals surface area contributed by atoms with Crippen LogP contribution in [-0.2, 0) is 0 Å². The molecular weight excluding hydrogens is 196 g/mol. The molecule has 0 aliphatic heterocycles. The first-order valence-electron chi connectivity index (χ1n) is 4.16. The zero-order valence-corrected chi connectivity index (χ0v) is 7.65. The fourth-order valence-corrected chi connectivity index (χ4v) is 1.02. The molecule has 0 radical (unpaired) electrons. The largest absolute Gasteiger partial charge is 0.508 e. The highest BCUT2D eigenvalue weighted by Crippen LogP contribution is 2.20. The van der Waals surface area contributed by atoms with Crippen LogP contribution in [0.4, 0.5) is 0 Å². The molecule has 6 nitrogen and oxygen atoms in total. The smallest absolute Gasteiger partial charge is 0.141 e. The maximum Gasteiger partial charge on any atom is 0.141 e. The minimum atomic E-state index is -0.0353. The van der Waals surface area contributed by atoms with Gasteiger partial charge in [0.25, 0.3) is 0 Å². The van der Waals surface area contributed by atoms with E-state index in [9.17, 15) is 5.11 Å². The Balaban J connectivity index is 2.24. The molecule has 0 atom stereocenters. The first-order valence-corrected chi connectivity index (χ1v) is 4.16. The molecule has 2 aromatic rings. The third-order valence-corrected chi connectivity index (χ3v) is 1.75. The van der Waals surface area contributed by atoms with Crippen molar-refractivity contribution < 1.29 is 10.2 Å². The van der Waals surface area contributed by atoms with Crippen LogP contribution in [-0.4, -0.2) is 31.3 Å². The Labute approximate surface area is 85.1 Å². The van der Waals surface area contributed by atoms with Gasteiger partial charge in [0.2, 0.25) is 0 Å². The molecule has 0 saturated carbocycles. The number of aromatic nitrogens is 3. The van der Waals surface area contributed by atoms with E-state index >= 15 is 0 Å². The molecular formula is C9H8N4O2. The Bertz CT molecular complexity index is 479. The number of benzene rings is 1. The Morgan fingerprint density at radius 3 is 2.60 bits per heavy atom. The third-order valence-electron chi connectivity index (χ3n) is 1.75. The molecule has 0 unspecified atom stereocenters. The van der Waals surface area contributed by atoms with Crippen molar-refractivity contribution in [2.75, 3.05) is 0 Å². The molecule has 6 heteroatoms. The van der Waals surface area contributed by atoms with Crippen LogP contribution in [0.2, 0.25) is 0 Å². The van der Waals surface area contributed by atoms with Crippen molar-refractivity contribution in [3.63, 3.8) is 0 Å². The molecule has 1 aromatic carbocycles. The molecule has 2 N–H and O–H groups in total. The van der Waals surface area contributed by atoms with E-state index in [4.69, 9.17) is 5.11 Å². The van der Waals surface area contributed by atoms with E-state index < -0.39 is 0 Å². The predicted octanol–water partition coefficient (Wildman–Crippen LogP) is 0.571. The highest BCUT2D eigenvalue weighted by molar-refractivity contribution is 5.83. The monoisotopic (exact) mass is 204 g/mol. The SMILES string of the molecule is Oc1ccc(/C=N\n2cnnc2)c(O)c1. The average molecular weight is 204 g/mol. The van der Waals surface area contributed by atoms with Crippen molar-refractivity contribution in [1.29, 1.82) is 0 Å². The Hall–Kier alpha value is -2.37. The molecule has 76 valence electrons. The number of hydrogen-bond donors (Lipinski definition) is 2. The Morgan fingerprint density at radius 2 is 1.93 bits per heavy atom. The highest BCUT2D eigenvalue weighted by atomic mass is 16.3. The topological polar surface area (TPSA) is 83.5 Å². The predicted molar refractivity (Wildman–Crippen MR) is 52.8 cm³/mol. The van der Waals surface area contributed by atoms with Crippen LogP contribution < -0.4 is 0 Å². The van der Waals surface area contributed by atoms with Gasteiger partial charge < -0.3 is 10.2 Å². The molecule has 0 fully saturated rings. The molecule has 0 amide bonds. The summed E-state index contributed by atoms with van der Waals surface area (Å²) < 4.78 is 1.40. The number of rotatable bonds is 2. The van der Waals surface area contributed by atoms with E-state index in [1.807, 2.05) is 0 Å². The summed E-state index contributed by atoms with van der Waals surface area (Å²) in [4.78, 5) is 0. The molecule has 0 spiro atoms. The normalized spacial score (nSPS) is 10.9. The molecule has 1 heterocycles. The molecule has 0 aliphatic carbocycles. The van der Waals surface area contributed by atoms with Crippen molar-refractivity contribution >= 4 is 6.21 Å². The maximum absolute atomic E-state index is 9.43. The number of aromatic hydroxyl groups is 2. The van der Waals surface area contributed by atoms with Gasteiger partial charge in [-0.15, -0.1) is 10.2 Å². The van der Waals surface area contributed by atoms with E-state index in [0.717, 1.165) is 0 Å². The Kier molecular flexibility index (Phi) is 2.32. The molecule has 0 aliphatic rings. The van der Waals surface area contributed by atoms with Crippen LogP contribution in [0.15, 0.2) is 36.0 Å². The van der Waals surface area contributed by atoms with Crippen molar-refractivity contribution in [2.45, 2.75) is 0 Å². The molecule has 0 bridgehead atoms. The van der Waals surface area contributed by atoms with Crippen molar-refractivity contribution in [1.82, 2.24) is 14.9 Å². The minimum Gasteiger partial charge on any atom is -0.508 e. The standard InChI is InChI=1S/C9H8N4O2/c14-8-2-1-7(9(15)3-8)4-12-13-5-10-11-6-13/h1-6,14-15H/b12-4-. The lowest BCUT2D eigenvalue weighted by atomic mass is 10.2. The van der Waals surface area contributed by atoms with E-state index in [2.05, 4.69) is 15.3 Å². The van der Waals surface area contributed by atoms with Crippen LogP contribution >= 0.6 is 0 Å². The van der Waals surface area contributed by atoms with Gasteiger partial charge in [0, 0.05) is 11.6 Å². The lowest BCUT2D eigenvalue weighted by Crippen LogP contribution is -1.87. The first kappa shape index (κ1) is 9.20. The van der Waals surface area contributed by atoms with Gasteiger partial charge in [-0.05, 0) is 12.1 Å². The van der Waals surface area contributed by atoms with Crippen LogP contribution in [0.25, 0.3) is 0 Å². The van der Waals surface area contributed by atoms with Crippen LogP contribution in [0.3, 0.4) is 0 Å². The first-order chi connectivity index (χ1) is 7.25. The van der Waals surface area contributed by atoms with Gasteiger partial charge in [0.05, 0.1) is 6.21 Å². The van der Waals surface area contributed by atoms with Gasteiger partial charge in [-0.2, -0.15) is 5.10 Å². The van der Waals surface area contributed by atoms with Gasteiger partial charge in [-0.1, -0.05) is 0 Å². The average Bonchev–Trinajstić information content (AvgIpc) is 2.69. The number of hydrogen-bond acceptors (Lipinski definition) is 5. The van der Waals surface area contributed by atoms with E-state index in [1.165, 1.54) is 35.7 Å². The van der Waals surface area contributed by atoms with Crippen molar-refractivity contribution in [3.05, 3.63) is 36.4 Å².